The summed E-state index contributed by atoms with van der Waals surface area (Å²) in [6, 6.07) is 9.21. The molecule has 0 spiro atoms. The Balaban J connectivity index is 2.09. The summed E-state index contributed by atoms with van der Waals surface area (Å²) in [6.45, 7) is 6.20. The van der Waals surface area contributed by atoms with E-state index in [1.165, 1.54) is 0 Å². The number of H-pyrrole nitrogens is 1. The molecule has 2 rings (SSSR count). The Morgan fingerprint density at radius 3 is 2.60 bits per heavy atom. The van der Waals surface area contributed by atoms with E-state index in [4.69, 9.17) is 0 Å². The molecule has 0 aliphatic carbocycles. The predicted octanol–water partition coefficient (Wildman–Crippen LogP) is 3.83. The lowest BCUT2D eigenvalue weighted by molar-refractivity contribution is 0.0978. The van der Waals surface area contributed by atoms with Crippen LogP contribution in [-0.4, -0.2) is 15.9 Å². The second-order valence-corrected chi connectivity index (χ2v) is 6.11. The third-order valence-electron chi connectivity index (χ3n) is 3.41. The Labute approximate surface area is 119 Å². The maximum atomic E-state index is 11.9. The van der Waals surface area contributed by atoms with E-state index >= 15 is 0 Å². The molecular weight excluding hydrogens is 250 g/mol. The molecule has 0 fully saturated rings. The Bertz CT molecular complexity index is 592. The van der Waals surface area contributed by atoms with Gasteiger partial charge in [0.25, 0.3) is 0 Å². The van der Waals surface area contributed by atoms with Gasteiger partial charge in [-0.2, -0.15) is 0 Å². The molecule has 1 heterocycles. The van der Waals surface area contributed by atoms with Crippen LogP contribution in [0.1, 0.15) is 48.8 Å². The molecule has 20 heavy (non-hydrogen) atoms. The zero-order valence-electron chi connectivity index (χ0n) is 12.2. The van der Waals surface area contributed by atoms with E-state index in [1.807, 2.05) is 18.2 Å². The maximum absolute atomic E-state index is 11.9. The molecule has 0 atom stereocenters. The molecule has 2 N–H and O–H groups in total. The minimum absolute atomic E-state index is 0.108. The molecule has 1 aromatic carbocycles. The zero-order chi connectivity index (χ0) is 14.8. The van der Waals surface area contributed by atoms with E-state index in [0.717, 1.165) is 11.1 Å². The number of carbonyl (C=O) groups excluding carboxylic acids is 1. The van der Waals surface area contributed by atoms with E-state index in [-0.39, 0.29) is 11.2 Å². The van der Waals surface area contributed by atoms with Crippen LogP contribution >= 0.6 is 0 Å². The quantitative estimate of drug-likeness (QED) is 0.830. The fraction of sp³-hybridized carbons (Fsp3) is 0.353. The van der Waals surface area contributed by atoms with Crippen molar-refractivity contribution >= 4 is 5.78 Å². The Hall–Kier alpha value is -2.03. The molecular formula is C17H21NO2. The van der Waals surface area contributed by atoms with Crippen molar-refractivity contribution in [3.8, 4) is 5.75 Å². The van der Waals surface area contributed by atoms with Crippen LogP contribution in [-0.2, 0) is 11.8 Å². The number of aryl methyl sites for hydroxylation is 1. The summed E-state index contributed by atoms with van der Waals surface area (Å²) in [5.74, 6) is 0.428. The molecule has 2 aromatic rings. The summed E-state index contributed by atoms with van der Waals surface area (Å²) in [5, 5.41) is 9.93. The largest absolute Gasteiger partial charge is 0.508 e. The van der Waals surface area contributed by atoms with E-state index < -0.39 is 0 Å². The van der Waals surface area contributed by atoms with Gasteiger partial charge in [-0.3, -0.25) is 4.79 Å². The highest BCUT2D eigenvalue weighted by atomic mass is 16.3. The molecule has 0 aliphatic rings. The fourth-order valence-electron chi connectivity index (χ4n) is 2.24. The minimum Gasteiger partial charge on any atom is -0.508 e. The van der Waals surface area contributed by atoms with E-state index in [2.05, 4.69) is 25.8 Å². The number of hydrogen-bond acceptors (Lipinski definition) is 2. The lowest BCUT2D eigenvalue weighted by Crippen LogP contribution is -2.12. The van der Waals surface area contributed by atoms with E-state index in [0.29, 0.717) is 24.3 Å². The van der Waals surface area contributed by atoms with Crippen LogP contribution in [0.4, 0.5) is 0 Å². The standard InChI is InChI=1S/C17H21NO2/c1-17(2,3)13-11-12(6-8-15(13)19)7-9-16(20)14-5-4-10-18-14/h4-6,8,10-11,18-19H,7,9H2,1-3H3. The number of Topliss-reactive ketones (excluding diaryl/α,β-unsaturated/α-hetero) is 1. The molecule has 1 aromatic heterocycles. The van der Waals surface area contributed by atoms with Gasteiger partial charge in [0, 0.05) is 12.6 Å². The minimum atomic E-state index is -0.108. The Kier molecular flexibility index (Phi) is 3.98. The van der Waals surface area contributed by atoms with Gasteiger partial charge in [0.1, 0.15) is 5.75 Å². The van der Waals surface area contributed by atoms with Crippen molar-refractivity contribution in [2.45, 2.75) is 39.0 Å². The highest BCUT2D eigenvalue weighted by Gasteiger charge is 2.18. The summed E-state index contributed by atoms with van der Waals surface area (Å²) in [7, 11) is 0. The van der Waals surface area contributed by atoms with Crippen molar-refractivity contribution in [3.63, 3.8) is 0 Å². The van der Waals surface area contributed by atoms with Crippen molar-refractivity contribution in [2.24, 2.45) is 0 Å². The average molecular weight is 271 g/mol. The first-order valence-corrected chi connectivity index (χ1v) is 6.87. The number of aromatic nitrogens is 1. The number of ketones is 1. The van der Waals surface area contributed by atoms with Crippen molar-refractivity contribution in [3.05, 3.63) is 53.3 Å². The van der Waals surface area contributed by atoms with E-state index in [9.17, 15) is 9.90 Å². The van der Waals surface area contributed by atoms with Gasteiger partial charge in [-0.05, 0) is 41.2 Å². The first-order valence-electron chi connectivity index (χ1n) is 6.87. The highest BCUT2D eigenvalue weighted by Crippen LogP contribution is 2.31. The topological polar surface area (TPSA) is 53.1 Å². The van der Waals surface area contributed by atoms with Crippen molar-refractivity contribution in [1.29, 1.82) is 0 Å². The number of aromatic hydroxyl groups is 1. The number of nitrogens with one attached hydrogen (secondary N) is 1. The van der Waals surface area contributed by atoms with Gasteiger partial charge in [-0.25, -0.2) is 0 Å². The number of hydrogen-bond donors (Lipinski definition) is 2. The maximum Gasteiger partial charge on any atom is 0.179 e. The zero-order valence-corrected chi connectivity index (χ0v) is 12.2. The molecule has 0 aliphatic heterocycles. The molecule has 0 radical (unpaired) electrons. The molecule has 106 valence electrons. The van der Waals surface area contributed by atoms with Gasteiger partial charge < -0.3 is 10.1 Å². The summed E-state index contributed by atoms with van der Waals surface area (Å²) < 4.78 is 0. The van der Waals surface area contributed by atoms with Gasteiger partial charge in [0.05, 0.1) is 5.69 Å². The molecule has 0 bridgehead atoms. The number of rotatable bonds is 4. The lowest BCUT2D eigenvalue weighted by Gasteiger charge is -2.21. The van der Waals surface area contributed by atoms with Crippen LogP contribution < -0.4 is 0 Å². The molecule has 0 saturated carbocycles. The monoisotopic (exact) mass is 271 g/mol. The number of carbonyl (C=O) groups is 1. The summed E-state index contributed by atoms with van der Waals surface area (Å²) in [6.07, 6.45) is 2.90. The lowest BCUT2D eigenvalue weighted by atomic mass is 9.85. The Morgan fingerprint density at radius 1 is 1.25 bits per heavy atom. The number of phenols is 1. The van der Waals surface area contributed by atoms with Crippen molar-refractivity contribution in [2.75, 3.05) is 0 Å². The van der Waals surface area contributed by atoms with Crippen LogP contribution in [0.15, 0.2) is 36.5 Å². The van der Waals surface area contributed by atoms with Crippen LogP contribution in [0.5, 0.6) is 5.75 Å². The number of aromatic amines is 1. The molecule has 3 nitrogen and oxygen atoms in total. The second-order valence-electron chi connectivity index (χ2n) is 6.11. The van der Waals surface area contributed by atoms with Gasteiger partial charge >= 0.3 is 0 Å². The predicted molar refractivity (Wildman–Crippen MR) is 80.3 cm³/mol. The fourth-order valence-corrected chi connectivity index (χ4v) is 2.24. The van der Waals surface area contributed by atoms with E-state index in [1.54, 1.807) is 18.3 Å². The normalized spacial score (nSPS) is 11.6. The van der Waals surface area contributed by atoms with Gasteiger partial charge in [-0.1, -0.05) is 32.9 Å². The first-order chi connectivity index (χ1) is 9.38. The average Bonchev–Trinajstić information content (AvgIpc) is 2.90. The molecule has 0 unspecified atom stereocenters. The van der Waals surface area contributed by atoms with Crippen molar-refractivity contribution < 1.29 is 9.90 Å². The summed E-state index contributed by atoms with van der Waals surface area (Å²) in [5.41, 5.74) is 2.54. The molecule has 3 heteroatoms. The third kappa shape index (κ3) is 3.29. The first kappa shape index (κ1) is 14.4. The number of benzene rings is 1. The number of phenolic OH excluding ortho intramolecular Hbond substituents is 1. The van der Waals surface area contributed by atoms with Gasteiger partial charge in [0.2, 0.25) is 0 Å². The Morgan fingerprint density at radius 2 is 2.00 bits per heavy atom. The van der Waals surface area contributed by atoms with Crippen molar-refractivity contribution in [1.82, 2.24) is 4.98 Å². The summed E-state index contributed by atoms with van der Waals surface area (Å²) >= 11 is 0. The highest BCUT2D eigenvalue weighted by molar-refractivity contribution is 5.94. The molecule has 0 saturated heterocycles. The van der Waals surface area contributed by atoms with Crippen LogP contribution in [0.2, 0.25) is 0 Å². The van der Waals surface area contributed by atoms with Gasteiger partial charge in [0.15, 0.2) is 5.78 Å². The smallest absolute Gasteiger partial charge is 0.179 e. The molecule has 0 amide bonds. The third-order valence-corrected chi connectivity index (χ3v) is 3.41. The SMILES string of the molecule is CC(C)(C)c1cc(CCC(=O)c2ccc[nH]2)ccc1O. The van der Waals surface area contributed by atoms with Gasteiger partial charge in [-0.15, -0.1) is 0 Å². The second kappa shape index (κ2) is 5.53. The van der Waals surface area contributed by atoms with Crippen LogP contribution in [0.25, 0.3) is 0 Å². The summed E-state index contributed by atoms with van der Waals surface area (Å²) in [4.78, 5) is 14.9. The van der Waals surface area contributed by atoms with Crippen LogP contribution in [0.3, 0.4) is 0 Å². The van der Waals surface area contributed by atoms with Crippen LogP contribution in [0, 0.1) is 0 Å².